The van der Waals surface area contributed by atoms with Crippen molar-refractivity contribution in [1.82, 2.24) is 5.32 Å². The van der Waals surface area contributed by atoms with Crippen molar-refractivity contribution in [2.24, 2.45) is 0 Å². The van der Waals surface area contributed by atoms with Crippen LogP contribution in [-0.4, -0.2) is 19.3 Å². The number of aliphatic hydroxyl groups is 1. The van der Waals surface area contributed by atoms with Gasteiger partial charge in [0.1, 0.15) is 11.6 Å². The Morgan fingerprint density at radius 1 is 1.10 bits per heavy atom. The van der Waals surface area contributed by atoms with Crippen LogP contribution in [0.15, 0.2) is 36.4 Å². The van der Waals surface area contributed by atoms with Crippen LogP contribution in [0.4, 0.5) is 4.39 Å². The van der Waals surface area contributed by atoms with Crippen molar-refractivity contribution in [1.29, 1.82) is 0 Å². The maximum atomic E-state index is 13.3. The Morgan fingerprint density at radius 2 is 1.86 bits per heavy atom. The van der Waals surface area contributed by atoms with E-state index in [1.54, 1.807) is 31.3 Å². The summed E-state index contributed by atoms with van der Waals surface area (Å²) < 4.78 is 24.4. The monoisotopic (exact) mass is 291 g/mol. The highest BCUT2D eigenvalue weighted by molar-refractivity contribution is 5.47. The normalized spacial score (nSPS) is 10.5. The zero-order valence-corrected chi connectivity index (χ0v) is 12.0. The third-order valence-electron chi connectivity index (χ3n) is 3.02. The highest BCUT2D eigenvalue weighted by Gasteiger charge is 2.10. The molecule has 0 radical (unpaired) electrons. The minimum Gasteiger partial charge on any atom is -0.493 e. The van der Waals surface area contributed by atoms with Crippen molar-refractivity contribution in [3.05, 3.63) is 53.3 Å². The van der Waals surface area contributed by atoms with Gasteiger partial charge in [0.2, 0.25) is 0 Å². The maximum Gasteiger partial charge on any atom is 0.169 e. The molecule has 112 valence electrons. The number of hydrogen-bond acceptors (Lipinski definition) is 4. The predicted octanol–water partition coefficient (Wildman–Crippen LogP) is 2.84. The Kier molecular flexibility index (Phi) is 5.14. The number of methoxy groups -OCH3 is 1. The first kappa shape index (κ1) is 15.3. The summed E-state index contributed by atoms with van der Waals surface area (Å²) in [6.45, 7) is 0.419. The van der Waals surface area contributed by atoms with Crippen LogP contribution in [0.3, 0.4) is 0 Å². The van der Waals surface area contributed by atoms with Crippen LogP contribution in [0.25, 0.3) is 0 Å². The van der Waals surface area contributed by atoms with E-state index in [4.69, 9.17) is 14.6 Å². The molecule has 0 amide bonds. The lowest BCUT2D eigenvalue weighted by Gasteiger charge is -2.14. The Labute approximate surface area is 123 Å². The molecule has 2 aromatic rings. The van der Waals surface area contributed by atoms with Crippen LogP contribution >= 0.6 is 0 Å². The number of rotatable bonds is 6. The molecule has 0 bridgehead atoms. The summed E-state index contributed by atoms with van der Waals surface area (Å²) in [6.07, 6.45) is 0. The molecule has 0 atom stereocenters. The Bertz CT molecular complexity index is 616. The molecule has 0 heterocycles. The quantitative estimate of drug-likeness (QED) is 0.859. The highest BCUT2D eigenvalue weighted by Crippen LogP contribution is 2.34. The molecule has 0 aliphatic rings. The van der Waals surface area contributed by atoms with Crippen molar-refractivity contribution < 1.29 is 19.0 Å². The van der Waals surface area contributed by atoms with Gasteiger partial charge in [0, 0.05) is 12.1 Å². The van der Waals surface area contributed by atoms with E-state index in [-0.39, 0.29) is 12.4 Å². The zero-order valence-electron chi connectivity index (χ0n) is 12.0. The molecule has 5 heteroatoms. The molecule has 4 nitrogen and oxygen atoms in total. The molecule has 0 aliphatic carbocycles. The Hall–Kier alpha value is -2.11. The first-order valence-corrected chi connectivity index (χ1v) is 6.56. The topological polar surface area (TPSA) is 50.7 Å². The van der Waals surface area contributed by atoms with Crippen LogP contribution in [0.5, 0.6) is 17.2 Å². The molecule has 0 spiro atoms. The van der Waals surface area contributed by atoms with Crippen molar-refractivity contribution >= 4 is 0 Å². The second kappa shape index (κ2) is 7.06. The van der Waals surface area contributed by atoms with Gasteiger partial charge in [-0.05, 0) is 42.9 Å². The molecule has 0 fully saturated rings. The van der Waals surface area contributed by atoms with Crippen LogP contribution in [0, 0.1) is 5.82 Å². The van der Waals surface area contributed by atoms with Gasteiger partial charge in [0.25, 0.3) is 0 Å². The Balaban J connectivity index is 2.33. The number of hydrogen-bond donors (Lipinski definition) is 2. The summed E-state index contributed by atoms with van der Waals surface area (Å²) in [5.41, 5.74) is 1.44. The van der Waals surface area contributed by atoms with E-state index in [1.165, 1.54) is 19.2 Å². The third-order valence-corrected chi connectivity index (χ3v) is 3.02. The molecule has 0 aromatic heterocycles. The van der Waals surface area contributed by atoms with E-state index >= 15 is 0 Å². The summed E-state index contributed by atoms with van der Waals surface area (Å²) in [4.78, 5) is 0. The molecule has 0 saturated carbocycles. The minimum absolute atomic E-state index is 0.0712. The van der Waals surface area contributed by atoms with Crippen LogP contribution < -0.4 is 14.8 Å². The lowest BCUT2D eigenvalue weighted by Crippen LogP contribution is -2.07. The molecule has 0 aliphatic heterocycles. The van der Waals surface area contributed by atoms with Gasteiger partial charge in [0.15, 0.2) is 11.5 Å². The number of ether oxygens (including phenoxy) is 2. The lowest BCUT2D eigenvalue weighted by atomic mass is 10.2. The smallest absolute Gasteiger partial charge is 0.169 e. The molecule has 2 aromatic carbocycles. The largest absolute Gasteiger partial charge is 0.493 e. The third kappa shape index (κ3) is 3.71. The Morgan fingerprint density at radius 3 is 2.52 bits per heavy atom. The SMILES string of the molecule is CNCc1cc(F)ccc1Oc1ccc(CO)cc1OC. The van der Waals surface area contributed by atoms with Crippen molar-refractivity contribution in [2.75, 3.05) is 14.2 Å². The van der Waals surface area contributed by atoms with E-state index in [0.717, 1.165) is 5.56 Å². The number of nitrogens with one attached hydrogen (secondary N) is 1. The van der Waals surface area contributed by atoms with Crippen molar-refractivity contribution in [3.63, 3.8) is 0 Å². The molecular weight excluding hydrogens is 273 g/mol. The second-order valence-electron chi connectivity index (χ2n) is 4.53. The van der Waals surface area contributed by atoms with E-state index < -0.39 is 0 Å². The fraction of sp³-hybridized carbons (Fsp3) is 0.250. The van der Waals surface area contributed by atoms with Crippen LogP contribution in [0.2, 0.25) is 0 Å². The van der Waals surface area contributed by atoms with Crippen molar-refractivity contribution in [3.8, 4) is 17.2 Å². The van der Waals surface area contributed by atoms with Gasteiger partial charge in [-0.25, -0.2) is 4.39 Å². The molecule has 0 saturated heterocycles. The molecule has 2 N–H and O–H groups in total. The van der Waals surface area contributed by atoms with Gasteiger partial charge in [-0.2, -0.15) is 0 Å². The first-order valence-electron chi connectivity index (χ1n) is 6.56. The summed E-state index contributed by atoms with van der Waals surface area (Å²) in [6, 6.07) is 9.54. The fourth-order valence-corrected chi connectivity index (χ4v) is 1.99. The van der Waals surface area contributed by atoms with Crippen LogP contribution in [0.1, 0.15) is 11.1 Å². The van der Waals surface area contributed by atoms with E-state index in [1.807, 2.05) is 0 Å². The summed E-state index contributed by atoms with van der Waals surface area (Å²) in [5.74, 6) is 1.27. The van der Waals surface area contributed by atoms with Gasteiger partial charge >= 0.3 is 0 Å². The number of aliphatic hydroxyl groups excluding tert-OH is 1. The minimum atomic E-state index is -0.310. The van der Waals surface area contributed by atoms with E-state index in [2.05, 4.69) is 5.32 Å². The molecule has 21 heavy (non-hydrogen) atoms. The number of halogens is 1. The van der Waals surface area contributed by atoms with Gasteiger partial charge in [-0.15, -0.1) is 0 Å². The first-order chi connectivity index (χ1) is 10.2. The predicted molar refractivity (Wildman–Crippen MR) is 78.2 cm³/mol. The van der Waals surface area contributed by atoms with Gasteiger partial charge < -0.3 is 19.9 Å². The average Bonchev–Trinajstić information content (AvgIpc) is 2.50. The zero-order chi connectivity index (χ0) is 15.2. The highest BCUT2D eigenvalue weighted by atomic mass is 19.1. The molecule has 2 rings (SSSR count). The maximum absolute atomic E-state index is 13.3. The van der Waals surface area contributed by atoms with Crippen molar-refractivity contribution in [2.45, 2.75) is 13.2 Å². The number of benzene rings is 2. The van der Waals surface area contributed by atoms with Crippen LogP contribution in [-0.2, 0) is 13.2 Å². The summed E-state index contributed by atoms with van der Waals surface area (Å²) >= 11 is 0. The standard InChI is InChI=1S/C16H18FNO3/c1-18-9-12-8-13(17)4-6-14(12)21-15-5-3-11(10-19)7-16(15)20-2/h3-8,18-19H,9-10H2,1-2H3. The summed E-state index contributed by atoms with van der Waals surface area (Å²) in [5, 5.41) is 12.1. The average molecular weight is 291 g/mol. The van der Waals surface area contributed by atoms with Gasteiger partial charge in [-0.1, -0.05) is 6.07 Å². The van der Waals surface area contributed by atoms with Gasteiger partial charge in [-0.3, -0.25) is 0 Å². The van der Waals surface area contributed by atoms with E-state index in [0.29, 0.717) is 29.4 Å². The lowest BCUT2D eigenvalue weighted by molar-refractivity contribution is 0.280. The summed E-state index contributed by atoms with van der Waals surface area (Å²) in [7, 11) is 3.31. The second-order valence-corrected chi connectivity index (χ2v) is 4.53. The van der Waals surface area contributed by atoms with E-state index in [9.17, 15) is 4.39 Å². The fourth-order valence-electron chi connectivity index (χ4n) is 1.99. The van der Waals surface area contributed by atoms with Gasteiger partial charge in [0.05, 0.1) is 13.7 Å². The molecule has 0 unspecified atom stereocenters. The molecular formula is C16H18FNO3.